The van der Waals surface area contributed by atoms with Crippen molar-refractivity contribution >= 4 is 28.9 Å². The van der Waals surface area contributed by atoms with Gasteiger partial charge in [-0.3, -0.25) is 4.79 Å². The van der Waals surface area contributed by atoms with Crippen molar-refractivity contribution in [1.29, 1.82) is 0 Å². The van der Waals surface area contributed by atoms with Crippen LogP contribution in [0.1, 0.15) is 18.1 Å². The highest BCUT2D eigenvalue weighted by atomic mass is 32.2. The van der Waals surface area contributed by atoms with Gasteiger partial charge in [0.25, 0.3) is 0 Å². The lowest BCUT2D eigenvalue weighted by atomic mass is 10.1. The molecule has 0 atom stereocenters. The Morgan fingerprint density at radius 3 is 2.69 bits per heavy atom. The van der Waals surface area contributed by atoms with Gasteiger partial charge in [0.05, 0.1) is 0 Å². The second-order valence-electron chi connectivity index (χ2n) is 3.15. The first-order valence-corrected chi connectivity index (χ1v) is 5.70. The molecule has 0 fully saturated rings. The minimum Gasteiger partial charge on any atom is -0.478 e. The quantitative estimate of drug-likeness (QED) is 0.816. The van der Waals surface area contributed by atoms with Gasteiger partial charge in [0.15, 0.2) is 5.12 Å². The first-order valence-electron chi connectivity index (χ1n) is 4.72. The van der Waals surface area contributed by atoms with Crippen molar-refractivity contribution < 1.29 is 14.7 Å². The Morgan fingerprint density at radius 1 is 1.38 bits per heavy atom. The van der Waals surface area contributed by atoms with Crippen LogP contribution in [0.25, 0.3) is 6.08 Å². The number of carboxylic acid groups (broad SMARTS) is 1. The molecule has 0 unspecified atom stereocenters. The molecule has 0 spiro atoms. The number of carboxylic acids is 1. The van der Waals surface area contributed by atoms with Crippen molar-refractivity contribution in [2.75, 3.05) is 0 Å². The van der Waals surface area contributed by atoms with Crippen LogP contribution in [0.2, 0.25) is 0 Å². The lowest BCUT2D eigenvalue weighted by Crippen LogP contribution is -1.91. The Morgan fingerprint density at radius 2 is 2.06 bits per heavy atom. The molecule has 0 saturated heterocycles. The molecular weight excluding hydrogens is 224 g/mol. The topological polar surface area (TPSA) is 54.4 Å². The third-order valence-corrected chi connectivity index (χ3v) is 2.75. The second kappa shape index (κ2) is 6.12. The number of carbonyl (C=O) groups is 2. The number of rotatable bonds is 4. The van der Waals surface area contributed by atoms with Crippen LogP contribution < -0.4 is 0 Å². The Balaban J connectivity index is 2.83. The standard InChI is InChI=1S/C12H12O3S/c1-9(13)16-8-11-5-3-2-4-10(11)6-7-12(14)15/h2-7H,8H2,1H3,(H,14,15)/b7-6+. The summed E-state index contributed by atoms with van der Waals surface area (Å²) in [5.41, 5.74) is 1.79. The monoisotopic (exact) mass is 236 g/mol. The maximum absolute atomic E-state index is 10.8. The average molecular weight is 236 g/mol. The first-order chi connectivity index (χ1) is 7.59. The number of benzene rings is 1. The van der Waals surface area contributed by atoms with E-state index in [2.05, 4.69) is 0 Å². The summed E-state index contributed by atoms with van der Waals surface area (Å²) in [4.78, 5) is 21.2. The largest absolute Gasteiger partial charge is 0.478 e. The highest BCUT2D eigenvalue weighted by molar-refractivity contribution is 8.12. The van der Waals surface area contributed by atoms with E-state index in [-0.39, 0.29) is 5.12 Å². The third kappa shape index (κ3) is 4.31. The van der Waals surface area contributed by atoms with Crippen LogP contribution in [0.3, 0.4) is 0 Å². The fourth-order valence-electron chi connectivity index (χ4n) is 1.17. The van der Waals surface area contributed by atoms with Crippen LogP contribution in [0.15, 0.2) is 30.3 Å². The number of thioether (sulfide) groups is 1. The van der Waals surface area contributed by atoms with Crippen molar-refractivity contribution in [3.8, 4) is 0 Å². The predicted octanol–water partition coefficient (Wildman–Crippen LogP) is 2.56. The lowest BCUT2D eigenvalue weighted by Gasteiger charge is -2.03. The summed E-state index contributed by atoms with van der Waals surface area (Å²) in [5, 5.41) is 8.59. The summed E-state index contributed by atoms with van der Waals surface area (Å²) in [6.07, 6.45) is 2.63. The molecule has 0 heterocycles. The summed E-state index contributed by atoms with van der Waals surface area (Å²) in [6, 6.07) is 7.42. The molecule has 0 aromatic heterocycles. The van der Waals surface area contributed by atoms with Gasteiger partial charge in [0, 0.05) is 18.8 Å². The van der Waals surface area contributed by atoms with E-state index in [0.717, 1.165) is 17.2 Å². The zero-order valence-electron chi connectivity index (χ0n) is 8.84. The van der Waals surface area contributed by atoms with E-state index in [1.807, 2.05) is 24.3 Å². The molecule has 0 aliphatic rings. The molecule has 1 rings (SSSR count). The summed E-state index contributed by atoms with van der Waals surface area (Å²) in [5.74, 6) is -0.413. The zero-order valence-corrected chi connectivity index (χ0v) is 9.66. The van der Waals surface area contributed by atoms with E-state index in [1.54, 1.807) is 6.08 Å². The molecule has 1 aromatic carbocycles. The van der Waals surface area contributed by atoms with Crippen LogP contribution in [0.4, 0.5) is 0 Å². The molecule has 1 N–H and O–H groups in total. The second-order valence-corrected chi connectivity index (χ2v) is 4.30. The van der Waals surface area contributed by atoms with Gasteiger partial charge in [-0.25, -0.2) is 4.79 Å². The van der Waals surface area contributed by atoms with Gasteiger partial charge in [-0.05, 0) is 17.2 Å². The van der Waals surface area contributed by atoms with E-state index in [1.165, 1.54) is 18.7 Å². The minimum absolute atomic E-state index is 0.0528. The van der Waals surface area contributed by atoms with E-state index < -0.39 is 5.97 Å². The van der Waals surface area contributed by atoms with Gasteiger partial charge in [0.2, 0.25) is 0 Å². The molecule has 0 aliphatic heterocycles. The van der Waals surface area contributed by atoms with Crippen molar-refractivity contribution in [2.24, 2.45) is 0 Å². The molecule has 84 valence electrons. The smallest absolute Gasteiger partial charge is 0.328 e. The highest BCUT2D eigenvalue weighted by Crippen LogP contribution is 2.18. The highest BCUT2D eigenvalue weighted by Gasteiger charge is 2.01. The molecule has 1 aromatic rings. The molecule has 3 nitrogen and oxygen atoms in total. The molecule has 0 saturated carbocycles. The fourth-order valence-corrected chi connectivity index (χ4v) is 1.79. The minimum atomic E-state index is -0.978. The molecule has 4 heteroatoms. The first kappa shape index (κ1) is 12.5. The molecular formula is C12H12O3S. The van der Waals surface area contributed by atoms with E-state index in [4.69, 9.17) is 5.11 Å². The molecule has 0 aliphatic carbocycles. The Hall–Kier alpha value is -1.55. The number of hydrogen-bond donors (Lipinski definition) is 1. The van der Waals surface area contributed by atoms with Gasteiger partial charge in [0.1, 0.15) is 0 Å². The van der Waals surface area contributed by atoms with Crippen molar-refractivity contribution in [1.82, 2.24) is 0 Å². The molecule has 16 heavy (non-hydrogen) atoms. The average Bonchev–Trinajstić information content (AvgIpc) is 2.24. The van der Waals surface area contributed by atoms with Gasteiger partial charge in [-0.15, -0.1) is 0 Å². The van der Waals surface area contributed by atoms with E-state index in [9.17, 15) is 9.59 Å². The van der Waals surface area contributed by atoms with E-state index in [0.29, 0.717) is 5.75 Å². The lowest BCUT2D eigenvalue weighted by molar-refractivity contribution is -0.131. The van der Waals surface area contributed by atoms with Crippen LogP contribution in [0, 0.1) is 0 Å². The van der Waals surface area contributed by atoms with Crippen LogP contribution in [0.5, 0.6) is 0 Å². The number of carbonyl (C=O) groups excluding carboxylic acids is 1. The van der Waals surface area contributed by atoms with Crippen molar-refractivity contribution in [2.45, 2.75) is 12.7 Å². The summed E-state index contributed by atoms with van der Waals surface area (Å²) in [6.45, 7) is 1.51. The molecule has 0 bridgehead atoms. The Labute approximate surface area is 98.2 Å². The molecule has 0 amide bonds. The Bertz CT molecular complexity index is 424. The summed E-state index contributed by atoms with van der Waals surface area (Å²) >= 11 is 1.21. The Kier molecular flexibility index (Phi) is 4.79. The van der Waals surface area contributed by atoms with Gasteiger partial charge < -0.3 is 5.11 Å². The number of aliphatic carboxylic acids is 1. The van der Waals surface area contributed by atoms with Gasteiger partial charge in [-0.2, -0.15) is 0 Å². The number of hydrogen-bond acceptors (Lipinski definition) is 3. The molecule has 0 radical (unpaired) electrons. The summed E-state index contributed by atoms with van der Waals surface area (Å²) < 4.78 is 0. The van der Waals surface area contributed by atoms with Gasteiger partial charge >= 0.3 is 5.97 Å². The maximum atomic E-state index is 10.8. The third-order valence-electron chi connectivity index (χ3n) is 1.89. The maximum Gasteiger partial charge on any atom is 0.328 e. The summed E-state index contributed by atoms with van der Waals surface area (Å²) in [7, 11) is 0. The van der Waals surface area contributed by atoms with Crippen LogP contribution >= 0.6 is 11.8 Å². The fraction of sp³-hybridized carbons (Fsp3) is 0.167. The van der Waals surface area contributed by atoms with Crippen molar-refractivity contribution in [3.63, 3.8) is 0 Å². The van der Waals surface area contributed by atoms with E-state index >= 15 is 0 Å². The predicted molar refractivity (Wildman–Crippen MR) is 65.1 cm³/mol. The zero-order chi connectivity index (χ0) is 12.0. The van der Waals surface area contributed by atoms with Crippen LogP contribution in [-0.4, -0.2) is 16.2 Å². The SMILES string of the molecule is CC(=O)SCc1ccccc1/C=C/C(=O)O. The van der Waals surface area contributed by atoms with Crippen LogP contribution in [-0.2, 0) is 15.3 Å². The normalized spacial score (nSPS) is 10.6. The van der Waals surface area contributed by atoms with Crippen molar-refractivity contribution in [3.05, 3.63) is 41.5 Å². The van der Waals surface area contributed by atoms with Gasteiger partial charge in [-0.1, -0.05) is 36.0 Å².